The van der Waals surface area contributed by atoms with E-state index in [1.807, 2.05) is 28.0 Å². The molecule has 4 aromatic rings. The number of carbonyl (C=O) groups excluding carboxylic acids is 3. The van der Waals surface area contributed by atoms with Gasteiger partial charge in [0.05, 0.1) is 17.8 Å². The maximum Gasteiger partial charge on any atom is 0.251 e. The first-order valence-corrected chi connectivity index (χ1v) is 16.7. The molecule has 1 aliphatic carbocycles. The largest absolute Gasteiger partial charge is 0.338 e. The van der Waals surface area contributed by atoms with Crippen molar-refractivity contribution in [2.24, 2.45) is 5.92 Å². The molecule has 7 rings (SSSR count). The molecule has 12 heteroatoms. The molecule has 4 heterocycles. The van der Waals surface area contributed by atoms with Gasteiger partial charge in [-0.3, -0.25) is 24.4 Å². The van der Waals surface area contributed by atoms with E-state index in [-0.39, 0.29) is 30.7 Å². The first kappa shape index (κ1) is 32.3. The van der Waals surface area contributed by atoms with Crippen molar-refractivity contribution in [2.75, 3.05) is 45.1 Å². The molecule has 1 fully saturated rings. The monoisotopic (exact) mass is 662 g/mol. The van der Waals surface area contributed by atoms with E-state index in [2.05, 4.69) is 37.6 Å². The van der Waals surface area contributed by atoms with Crippen LogP contribution in [0.4, 0.5) is 10.1 Å². The molecule has 0 radical (unpaired) electrons. The zero-order chi connectivity index (χ0) is 34.0. The Morgan fingerprint density at radius 2 is 1.92 bits per heavy atom. The lowest BCUT2D eigenvalue weighted by Gasteiger charge is -2.35. The number of halogens is 1. The molecule has 2 aromatic carbocycles. The smallest absolute Gasteiger partial charge is 0.251 e. The molecular weight excluding hydrogens is 623 g/mol. The van der Waals surface area contributed by atoms with E-state index in [9.17, 15) is 18.8 Å². The van der Waals surface area contributed by atoms with Crippen LogP contribution in [0, 0.1) is 11.7 Å². The van der Waals surface area contributed by atoms with Crippen LogP contribution in [0.3, 0.4) is 0 Å². The summed E-state index contributed by atoms with van der Waals surface area (Å²) in [5, 5.41) is 11.2. The van der Waals surface area contributed by atoms with E-state index in [4.69, 9.17) is 0 Å². The van der Waals surface area contributed by atoms with Crippen molar-refractivity contribution in [1.29, 1.82) is 0 Å². The van der Waals surface area contributed by atoms with Gasteiger partial charge >= 0.3 is 0 Å². The van der Waals surface area contributed by atoms with Gasteiger partial charge in [0.25, 0.3) is 5.91 Å². The summed E-state index contributed by atoms with van der Waals surface area (Å²) >= 11 is 0. The van der Waals surface area contributed by atoms with Gasteiger partial charge in [0.15, 0.2) is 5.82 Å². The molecular formula is C37H39FN8O3. The highest BCUT2D eigenvalue weighted by molar-refractivity contribution is 6.02. The van der Waals surface area contributed by atoms with Gasteiger partial charge in [0.1, 0.15) is 11.4 Å². The van der Waals surface area contributed by atoms with E-state index in [1.54, 1.807) is 37.6 Å². The van der Waals surface area contributed by atoms with E-state index >= 15 is 0 Å². The summed E-state index contributed by atoms with van der Waals surface area (Å²) in [7, 11) is 1.61. The molecule has 2 atom stereocenters. The Labute approximate surface area is 283 Å². The average molecular weight is 663 g/mol. The molecule has 2 aliphatic heterocycles. The van der Waals surface area contributed by atoms with Gasteiger partial charge < -0.3 is 15.1 Å². The van der Waals surface area contributed by atoms with Crippen molar-refractivity contribution in [1.82, 2.24) is 34.9 Å². The highest BCUT2D eigenvalue weighted by atomic mass is 19.1. The number of nitrogens with zero attached hydrogens (tertiary/aromatic N) is 6. The van der Waals surface area contributed by atoms with Gasteiger partial charge in [-0.05, 0) is 92.1 Å². The zero-order valence-electron chi connectivity index (χ0n) is 27.4. The van der Waals surface area contributed by atoms with E-state index in [0.717, 1.165) is 48.0 Å². The summed E-state index contributed by atoms with van der Waals surface area (Å²) in [5.41, 5.74) is 4.17. The summed E-state index contributed by atoms with van der Waals surface area (Å²) in [4.78, 5) is 53.4. The molecule has 0 saturated carbocycles. The maximum absolute atomic E-state index is 13.9. The number of likely N-dealkylation sites (N-methyl/N-ethyl adjacent to an activating group) is 1. The number of nitrogens with one attached hydrogen (secondary N) is 2. The summed E-state index contributed by atoms with van der Waals surface area (Å²) in [5.74, 6) is 0.650. The number of anilines is 1. The van der Waals surface area contributed by atoms with E-state index < -0.39 is 5.54 Å². The number of hydrogen-bond donors (Lipinski definition) is 2. The molecule has 252 valence electrons. The lowest BCUT2D eigenvalue weighted by Crippen LogP contribution is -2.57. The zero-order valence-corrected chi connectivity index (χ0v) is 27.4. The Morgan fingerprint density at radius 1 is 1.10 bits per heavy atom. The highest BCUT2D eigenvalue weighted by Gasteiger charge is 2.48. The fourth-order valence-electron chi connectivity index (χ4n) is 7.32. The summed E-state index contributed by atoms with van der Waals surface area (Å²) in [6.45, 7) is 2.17. The van der Waals surface area contributed by atoms with Crippen LogP contribution in [0.2, 0.25) is 0 Å². The van der Waals surface area contributed by atoms with Gasteiger partial charge in [-0.15, -0.1) is 0 Å². The van der Waals surface area contributed by atoms with Gasteiger partial charge in [-0.2, -0.15) is 5.10 Å². The second kappa shape index (κ2) is 13.7. The third kappa shape index (κ3) is 6.60. The number of fused-ring (bicyclic) bond motifs is 1. The van der Waals surface area contributed by atoms with Gasteiger partial charge in [0, 0.05) is 62.3 Å². The predicted molar refractivity (Wildman–Crippen MR) is 184 cm³/mol. The molecule has 2 aromatic heterocycles. The molecule has 0 spiro atoms. The van der Waals surface area contributed by atoms with Crippen molar-refractivity contribution in [3.05, 3.63) is 90.3 Å². The summed E-state index contributed by atoms with van der Waals surface area (Å²) < 4.78 is 13.5. The summed E-state index contributed by atoms with van der Waals surface area (Å²) in [6, 6.07) is 13.3. The number of rotatable bonds is 9. The van der Waals surface area contributed by atoms with E-state index in [1.165, 1.54) is 28.2 Å². The topological polar surface area (TPSA) is 127 Å². The number of carbonyl (C=O) groups is 3. The number of amides is 3. The predicted octanol–water partition coefficient (Wildman–Crippen LogP) is 4.67. The molecule has 2 N–H and O–H groups in total. The number of aromatic nitrogens is 4. The molecule has 11 nitrogen and oxygen atoms in total. The van der Waals surface area contributed by atoms with Crippen LogP contribution in [0.25, 0.3) is 27.7 Å². The Bertz CT molecular complexity index is 1920. The van der Waals surface area contributed by atoms with Crippen molar-refractivity contribution in [3.8, 4) is 11.3 Å². The third-order valence-electron chi connectivity index (χ3n) is 10.3. The van der Waals surface area contributed by atoms with Crippen molar-refractivity contribution in [2.45, 2.75) is 37.6 Å². The van der Waals surface area contributed by atoms with Crippen molar-refractivity contribution < 1.29 is 18.8 Å². The van der Waals surface area contributed by atoms with Crippen LogP contribution >= 0.6 is 0 Å². The highest BCUT2D eigenvalue weighted by Crippen LogP contribution is 2.35. The fourth-order valence-corrected chi connectivity index (χ4v) is 7.32. The Balaban J connectivity index is 0.976. The standard InChI is InChI=1S/C37H39FN8O3/c1-44(24-47)37(36(49)41-30-11-12-32-31(21-30)34(43-42-32)27-7-9-29(38)10-8-27)15-20-45(23-37)22-33(48)46-18-13-26(14-19-46)25-3-5-28(6-4-25)35-39-16-2-17-40-35/h2,5,7-13,16-17,21,24-25H,3-4,6,14-15,18-20,22-23H2,1H3,(H,41,49)(H,42,43). The number of allylic oxidation sites excluding steroid dienone is 2. The maximum atomic E-state index is 13.9. The first-order chi connectivity index (χ1) is 23.8. The SMILES string of the molecule is CN(C=O)C1(C(=O)Nc2ccc3[nH]nc(-c4ccc(F)cc4)c3c2)CCN(CC(=O)N2CC=C(C3CC=C(c4ncccn4)CC3)CC2)C1. The second-order valence-corrected chi connectivity index (χ2v) is 13.1. The lowest BCUT2D eigenvalue weighted by molar-refractivity contribution is -0.135. The van der Waals surface area contributed by atoms with Crippen LogP contribution in [0.15, 0.2) is 78.6 Å². The molecule has 3 amide bonds. The number of H-pyrrole nitrogens is 1. The first-order valence-electron chi connectivity index (χ1n) is 16.7. The van der Waals surface area contributed by atoms with Crippen LogP contribution in [-0.2, 0) is 14.4 Å². The van der Waals surface area contributed by atoms with E-state index in [0.29, 0.717) is 49.8 Å². The van der Waals surface area contributed by atoms with Crippen LogP contribution < -0.4 is 5.32 Å². The lowest BCUT2D eigenvalue weighted by atomic mass is 9.82. The van der Waals surface area contributed by atoms with Crippen molar-refractivity contribution in [3.63, 3.8) is 0 Å². The van der Waals surface area contributed by atoms with Crippen LogP contribution in [0.1, 0.15) is 37.9 Å². The van der Waals surface area contributed by atoms with Gasteiger partial charge in [-0.1, -0.05) is 17.7 Å². The van der Waals surface area contributed by atoms with Gasteiger partial charge in [-0.25, -0.2) is 14.4 Å². The molecule has 49 heavy (non-hydrogen) atoms. The molecule has 0 bridgehead atoms. The number of likely N-dealkylation sites (tertiary alicyclic amines) is 1. The molecule has 1 saturated heterocycles. The second-order valence-electron chi connectivity index (χ2n) is 13.1. The molecule has 2 unspecified atom stereocenters. The number of aromatic amines is 1. The molecule has 3 aliphatic rings. The Morgan fingerprint density at radius 3 is 2.63 bits per heavy atom. The minimum absolute atomic E-state index is 0.0195. The third-order valence-corrected chi connectivity index (χ3v) is 10.3. The van der Waals surface area contributed by atoms with Crippen LogP contribution in [-0.4, -0.2) is 98.4 Å². The minimum Gasteiger partial charge on any atom is -0.338 e. The quantitative estimate of drug-likeness (QED) is 0.197. The minimum atomic E-state index is -1.14. The fraction of sp³-hybridized carbons (Fsp3) is 0.351. The summed E-state index contributed by atoms with van der Waals surface area (Å²) in [6.07, 6.45) is 12.9. The van der Waals surface area contributed by atoms with Crippen LogP contribution in [0.5, 0.6) is 0 Å². The average Bonchev–Trinajstić information content (AvgIpc) is 3.77. The number of benzene rings is 2. The Kier molecular flexibility index (Phi) is 9.05. The Hall–Kier alpha value is -5.23. The normalized spacial score (nSPS) is 21.3. The van der Waals surface area contributed by atoms with Gasteiger partial charge in [0.2, 0.25) is 12.3 Å². The van der Waals surface area contributed by atoms with Crippen molar-refractivity contribution >= 4 is 40.4 Å². The number of hydrogen-bond acceptors (Lipinski definition) is 7.